The minimum Gasteiger partial charge on any atom is -0.385 e. The van der Waals surface area contributed by atoms with Gasteiger partial charge in [-0.25, -0.2) is 9.97 Å². The van der Waals surface area contributed by atoms with Crippen LogP contribution in [-0.2, 0) is 4.74 Å². The van der Waals surface area contributed by atoms with E-state index in [1.165, 1.54) is 3.57 Å². The van der Waals surface area contributed by atoms with Crippen LogP contribution in [0, 0.1) is 3.57 Å². The van der Waals surface area contributed by atoms with Crippen LogP contribution in [0.1, 0.15) is 6.42 Å². The van der Waals surface area contributed by atoms with Crippen LogP contribution in [0.4, 0.5) is 5.82 Å². The first-order valence-corrected chi connectivity index (χ1v) is 6.52. The summed E-state index contributed by atoms with van der Waals surface area (Å²) in [6.45, 7) is 1.61. The van der Waals surface area contributed by atoms with E-state index < -0.39 is 0 Å². The van der Waals surface area contributed by atoms with Crippen molar-refractivity contribution in [3.63, 3.8) is 0 Å². The first-order valence-electron chi connectivity index (χ1n) is 5.44. The zero-order valence-corrected chi connectivity index (χ0v) is 11.8. The molecule has 1 heterocycles. The number of methoxy groups -OCH3 is 1. The Kier molecular flexibility index (Phi) is 4.49. The van der Waals surface area contributed by atoms with Crippen molar-refractivity contribution in [2.45, 2.75) is 6.42 Å². The van der Waals surface area contributed by atoms with Crippen LogP contribution in [0.5, 0.6) is 0 Å². The van der Waals surface area contributed by atoms with Crippen LogP contribution in [0.2, 0.25) is 0 Å². The molecule has 0 radical (unpaired) electrons. The lowest BCUT2D eigenvalue weighted by Gasteiger charge is -2.08. The summed E-state index contributed by atoms with van der Waals surface area (Å²) >= 11 is 2.29. The second kappa shape index (κ2) is 6.11. The van der Waals surface area contributed by atoms with Gasteiger partial charge in [-0.1, -0.05) is 0 Å². The molecule has 0 fully saturated rings. The third-order valence-electron chi connectivity index (χ3n) is 2.42. The van der Waals surface area contributed by atoms with Crippen LogP contribution in [0.25, 0.3) is 10.9 Å². The molecule has 0 saturated carbocycles. The van der Waals surface area contributed by atoms with Gasteiger partial charge in [-0.05, 0) is 47.2 Å². The maximum absolute atomic E-state index is 5.01. The van der Waals surface area contributed by atoms with Crippen molar-refractivity contribution in [3.05, 3.63) is 28.1 Å². The van der Waals surface area contributed by atoms with Crippen molar-refractivity contribution >= 4 is 39.3 Å². The van der Waals surface area contributed by atoms with E-state index in [9.17, 15) is 0 Å². The van der Waals surface area contributed by atoms with Gasteiger partial charge in [-0.3, -0.25) is 0 Å². The van der Waals surface area contributed by atoms with Crippen molar-refractivity contribution in [1.29, 1.82) is 0 Å². The molecule has 17 heavy (non-hydrogen) atoms. The molecule has 0 aliphatic rings. The topological polar surface area (TPSA) is 47.0 Å². The summed E-state index contributed by atoms with van der Waals surface area (Å²) in [6.07, 6.45) is 2.56. The molecule has 4 nitrogen and oxygen atoms in total. The number of nitrogens with one attached hydrogen (secondary N) is 1. The van der Waals surface area contributed by atoms with Crippen LogP contribution >= 0.6 is 22.6 Å². The van der Waals surface area contributed by atoms with E-state index in [1.54, 1.807) is 13.4 Å². The lowest BCUT2D eigenvalue weighted by molar-refractivity contribution is 0.198. The summed E-state index contributed by atoms with van der Waals surface area (Å²) in [5.41, 5.74) is 0.967. The smallest absolute Gasteiger partial charge is 0.137 e. The number of ether oxygens (including phenoxy) is 1. The summed E-state index contributed by atoms with van der Waals surface area (Å²) in [5, 5.41) is 4.38. The van der Waals surface area contributed by atoms with E-state index in [2.05, 4.69) is 43.9 Å². The molecule has 0 unspecified atom stereocenters. The highest BCUT2D eigenvalue weighted by molar-refractivity contribution is 14.1. The van der Waals surface area contributed by atoms with Gasteiger partial charge in [-0.15, -0.1) is 0 Å². The zero-order chi connectivity index (χ0) is 12.1. The summed E-state index contributed by atoms with van der Waals surface area (Å²) in [5.74, 6) is 0.893. The SMILES string of the molecule is COCCCNc1ncnc2ccc(I)cc12. The quantitative estimate of drug-likeness (QED) is 0.670. The number of nitrogens with zero attached hydrogens (tertiary/aromatic N) is 2. The largest absolute Gasteiger partial charge is 0.385 e. The van der Waals surface area contributed by atoms with Gasteiger partial charge in [0.2, 0.25) is 0 Å². The summed E-state index contributed by atoms with van der Waals surface area (Å²) in [4.78, 5) is 8.53. The fourth-order valence-corrected chi connectivity index (χ4v) is 2.08. The van der Waals surface area contributed by atoms with Gasteiger partial charge in [-0.2, -0.15) is 0 Å². The number of anilines is 1. The highest BCUT2D eigenvalue weighted by Gasteiger charge is 2.03. The normalized spacial score (nSPS) is 10.7. The third-order valence-corrected chi connectivity index (χ3v) is 3.09. The van der Waals surface area contributed by atoms with Crippen molar-refractivity contribution in [3.8, 4) is 0 Å². The number of benzene rings is 1. The highest BCUT2D eigenvalue weighted by atomic mass is 127. The molecule has 0 saturated heterocycles. The molecular formula is C12H14IN3O. The number of aromatic nitrogens is 2. The third kappa shape index (κ3) is 3.26. The van der Waals surface area contributed by atoms with E-state index in [0.29, 0.717) is 0 Å². The van der Waals surface area contributed by atoms with Crippen molar-refractivity contribution < 1.29 is 4.74 Å². The second-order valence-corrected chi connectivity index (χ2v) is 4.90. The molecule has 2 rings (SSSR count). The average molecular weight is 343 g/mol. The molecule has 1 aromatic heterocycles. The first kappa shape index (κ1) is 12.5. The van der Waals surface area contributed by atoms with Crippen molar-refractivity contribution in [1.82, 2.24) is 9.97 Å². The van der Waals surface area contributed by atoms with E-state index in [4.69, 9.17) is 4.74 Å². The molecule has 0 atom stereocenters. The Morgan fingerprint density at radius 2 is 2.24 bits per heavy atom. The minimum absolute atomic E-state index is 0.757. The highest BCUT2D eigenvalue weighted by Crippen LogP contribution is 2.21. The Hall–Kier alpha value is -0.950. The fraction of sp³-hybridized carbons (Fsp3) is 0.333. The van der Waals surface area contributed by atoms with Gasteiger partial charge >= 0.3 is 0 Å². The van der Waals surface area contributed by atoms with Gasteiger partial charge in [0.1, 0.15) is 12.1 Å². The number of halogens is 1. The van der Waals surface area contributed by atoms with E-state index >= 15 is 0 Å². The fourth-order valence-electron chi connectivity index (χ4n) is 1.59. The summed E-state index contributed by atoms with van der Waals surface area (Å²) in [7, 11) is 1.71. The lowest BCUT2D eigenvalue weighted by atomic mass is 10.2. The van der Waals surface area contributed by atoms with Gasteiger partial charge in [0.25, 0.3) is 0 Å². The maximum atomic E-state index is 5.01. The molecule has 0 aliphatic heterocycles. The predicted octanol–water partition coefficient (Wildman–Crippen LogP) is 2.68. The molecule has 5 heteroatoms. The van der Waals surface area contributed by atoms with E-state index in [-0.39, 0.29) is 0 Å². The molecule has 1 aromatic carbocycles. The van der Waals surface area contributed by atoms with Crippen LogP contribution in [0.3, 0.4) is 0 Å². The molecule has 0 bridgehead atoms. The number of rotatable bonds is 5. The zero-order valence-electron chi connectivity index (χ0n) is 9.61. The number of hydrogen-bond acceptors (Lipinski definition) is 4. The predicted molar refractivity (Wildman–Crippen MR) is 77.2 cm³/mol. The van der Waals surface area contributed by atoms with Crippen LogP contribution in [0.15, 0.2) is 24.5 Å². The Morgan fingerprint density at radius 1 is 1.35 bits per heavy atom. The van der Waals surface area contributed by atoms with E-state index in [1.807, 2.05) is 12.1 Å². The van der Waals surface area contributed by atoms with Crippen LogP contribution < -0.4 is 5.32 Å². The second-order valence-electron chi connectivity index (χ2n) is 3.66. The summed E-state index contributed by atoms with van der Waals surface area (Å²) in [6, 6.07) is 6.15. The Balaban J connectivity index is 2.18. The van der Waals surface area contributed by atoms with Gasteiger partial charge in [0.15, 0.2) is 0 Å². The molecule has 0 spiro atoms. The Bertz CT molecular complexity index is 504. The van der Waals surface area contributed by atoms with Crippen LogP contribution in [-0.4, -0.2) is 30.2 Å². The molecular weight excluding hydrogens is 329 g/mol. The van der Waals surface area contributed by atoms with Gasteiger partial charge in [0.05, 0.1) is 5.52 Å². The number of hydrogen-bond donors (Lipinski definition) is 1. The summed E-state index contributed by atoms with van der Waals surface area (Å²) < 4.78 is 6.20. The first-order chi connectivity index (χ1) is 8.31. The van der Waals surface area contributed by atoms with Crippen molar-refractivity contribution in [2.24, 2.45) is 0 Å². The average Bonchev–Trinajstić information content (AvgIpc) is 2.35. The monoisotopic (exact) mass is 343 g/mol. The van der Waals surface area contributed by atoms with Crippen molar-refractivity contribution in [2.75, 3.05) is 25.6 Å². The Labute approximate surface area is 114 Å². The molecule has 90 valence electrons. The number of fused-ring (bicyclic) bond motifs is 1. The standard InChI is InChI=1S/C12H14IN3O/c1-17-6-2-5-14-12-10-7-9(13)3-4-11(10)15-8-16-12/h3-4,7-8H,2,5-6H2,1H3,(H,14,15,16). The maximum Gasteiger partial charge on any atom is 0.137 e. The Morgan fingerprint density at radius 3 is 3.06 bits per heavy atom. The van der Waals surface area contributed by atoms with Gasteiger partial charge < -0.3 is 10.1 Å². The van der Waals surface area contributed by atoms with Gasteiger partial charge in [0, 0.05) is 29.2 Å². The molecule has 2 aromatic rings. The molecule has 0 amide bonds. The van der Waals surface area contributed by atoms with E-state index in [0.717, 1.165) is 36.3 Å². The minimum atomic E-state index is 0.757. The lowest BCUT2D eigenvalue weighted by Crippen LogP contribution is -2.06. The molecule has 1 N–H and O–H groups in total. The molecule has 0 aliphatic carbocycles.